The highest BCUT2D eigenvalue weighted by Gasteiger charge is 2.11. The molecule has 0 saturated carbocycles. The number of nitrogens with zero attached hydrogens (tertiary/aromatic N) is 1. The molecule has 0 amide bonds. The molecule has 2 aromatic rings. The molecule has 2 rings (SSSR count). The highest BCUT2D eigenvalue weighted by atomic mass is 32.1. The third-order valence-electron chi connectivity index (χ3n) is 2.83. The number of aromatic nitrogens is 2. The first-order chi connectivity index (χ1) is 8.15. The molecule has 0 aromatic carbocycles. The molecule has 0 aliphatic carbocycles. The third kappa shape index (κ3) is 3.41. The van der Waals surface area contributed by atoms with Crippen molar-refractivity contribution in [3.05, 3.63) is 39.8 Å². The third-order valence-corrected chi connectivity index (χ3v) is 3.85. The largest absolute Gasteiger partial charge is 0.306 e. The predicted octanol–water partition coefficient (Wildman–Crippen LogP) is 3.06. The van der Waals surface area contributed by atoms with E-state index in [1.165, 1.54) is 9.75 Å². The van der Waals surface area contributed by atoms with Crippen molar-refractivity contribution in [3.8, 4) is 0 Å². The van der Waals surface area contributed by atoms with Crippen molar-refractivity contribution in [2.45, 2.75) is 39.3 Å². The zero-order valence-corrected chi connectivity index (χ0v) is 11.3. The van der Waals surface area contributed by atoms with E-state index in [-0.39, 0.29) is 0 Å². The minimum Gasteiger partial charge on any atom is -0.306 e. The van der Waals surface area contributed by atoms with Gasteiger partial charge in [0.2, 0.25) is 0 Å². The molecule has 0 aliphatic rings. The number of nitrogens with one attached hydrogen (secondary N) is 2. The van der Waals surface area contributed by atoms with Crippen LogP contribution in [0.5, 0.6) is 0 Å². The maximum Gasteiger partial charge on any atom is 0.0518 e. The maximum absolute atomic E-state index is 3.97. The first kappa shape index (κ1) is 12.3. The van der Waals surface area contributed by atoms with Crippen molar-refractivity contribution in [3.63, 3.8) is 0 Å². The molecule has 2 aromatic heterocycles. The molecule has 0 fully saturated rings. The minimum atomic E-state index is 0.313. The Kier molecular flexibility index (Phi) is 3.97. The van der Waals surface area contributed by atoms with Gasteiger partial charge in [0.15, 0.2) is 0 Å². The van der Waals surface area contributed by atoms with Crippen LogP contribution in [0.4, 0.5) is 0 Å². The quantitative estimate of drug-likeness (QED) is 0.855. The van der Waals surface area contributed by atoms with E-state index >= 15 is 0 Å². The summed E-state index contributed by atoms with van der Waals surface area (Å²) in [6.45, 7) is 6.53. The van der Waals surface area contributed by atoms with Crippen LogP contribution in [0.3, 0.4) is 0 Å². The second-order valence-corrected chi connectivity index (χ2v) is 5.89. The topological polar surface area (TPSA) is 40.7 Å². The molecule has 17 heavy (non-hydrogen) atoms. The summed E-state index contributed by atoms with van der Waals surface area (Å²) < 4.78 is 0. The summed E-state index contributed by atoms with van der Waals surface area (Å²) >= 11 is 1.88. The van der Waals surface area contributed by atoms with Crippen molar-refractivity contribution < 1.29 is 0 Å². The Morgan fingerprint density at radius 3 is 2.76 bits per heavy atom. The van der Waals surface area contributed by atoms with Crippen LogP contribution in [0.1, 0.15) is 35.3 Å². The molecular weight excluding hydrogens is 230 g/mol. The van der Waals surface area contributed by atoms with E-state index in [2.05, 4.69) is 48.4 Å². The Morgan fingerprint density at radius 2 is 2.18 bits per heavy atom. The van der Waals surface area contributed by atoms with Crippen molar-refractivity contribution >= 4 is 11.3 Å². The van der Waals surface area contributed by atoms with Gasteiger partial charge >= 0.3 is 0 Å². The van der Waals surface area contributed by atoms with Gasteiger partial charge in [-0.2, -0.15) is 5.10 Å². The fourth-order valence-corrected chi connectivity index (χ4v) is 3.00. The molecule has 0 aliphatic heterocycles. The monoisotopic (exact) mass is 249 g/mol. The summed E-state index contributed by atoms with van der Waals surface area (Å²) in [5, 5.41) is 10.6. The zero-order chi connectivity index (χ0) is 12.3. The Bertz CT molecular complexity index is 447. The number of hydrogen-bond donors (Lipinski definition) is 2. The molecule has 2 unspecified atom stereocenters. The molecule has 2 heterocycles. The molecule has 92 valence electrons. The first-order valence-corrected chi connectivity index (χ1v) is 6.77. The van der Waals surface area contributed by atoms with Gasteiger partial charge in [0.05, 0.1) is 5.69 Å². The lowest BCUT2D eigenvalue weighted by molar-refractivity contribution is 0.471. The zero-order valence-electron chi connectivity index (χ0n) is 10.5. The fourth-order valence-electron chi connectivity index (χ4n) is 1.98. The van der Waals surface area contributed by atoms with Gasteiger partial charge in [0.25, 0.3) is 0 Å². The lowest BCUT2D eigenvalue weighted by atomic mass is 10.1. The van der Waals surface area contributed by atoms with Crippen LogP contribution in [0.25, 0.3) is 0 Å². The minimum absolute atomic E-state index is 0.313. The van der Waals surface area contributed by atoms with Gasteiger partial charge < -0.3 is 5.32 Å². The first-order valence-electron chi connectivity index (χ1n) is 5.96. The Labute approximate surface area is 106 Å². The van der Waals surface area contributed by atoms with E-state index in [0.717, 1.165) is 12.1 Å². The molecule has 2 N–H and O–H groups in total. The number of aromatic amines is 1. The summed E-state index contributed by atoms with van der Waals surface area (Å²) in [7, 11) is 0. The summed E-state index contributed by atoms with van der Waals surface area (Å²) in [5.41, 5.74) is 1.14. The number of aryl methyl sites for hydroxylation is 1. The standard InChI is InChI=1S/C13H19N3S/c1-9(8-12-5-4-10(2)17-12)15-11(3)13-6-7-14-16-13/h4-7,9,11,15H,8H2,1-3H3,(H,14,16). The van der Waals surface area contributed by atoms with E-state index in [1.807, 2.05) is 17.4 Å². The Hall–Kier alpha value is -1.13. The summed E-state index contributed by atoms with van der Waals surface area (Å²) in [6, 6.07) is 7.20. The smallest absolute Gasteiger partial charge is 0.0518 e. The van der Waals surface area contributed by atoms with Crippen molar-refractivity contribution in [1.82, 2.24) is 15.5 Å². The Balaban J connectivity index is 1.87. The normalized spacial score (nSPS) is 14.8. The van der Waals surface area contributed by atoms with Crippen LogP contribution in [0, 0.1) is 6.92 Å². The molecule has 0 radical (unpaired) electrons. The average molecular weight is 249 g/mol. The average Bonchev–Trinajstić information content (AvgIpc) is 2.89. The van der Waals surface area contributed by atoms with E-state index in [4.69, 9.17) is 0 Å². The van der Waals surface area contributed by atoms with Gasteiger partial charge in [-0.15, -0.1) is 11.3 Å². The highest BCUT2D eigenvalue weighted by Crippen LogP contribution is 2.18. The number of rotatable bonds is 5. The molecular formula is C13H19N3S. The van der Waals surface area contributed by atoms with E-state index in [1.54, 1.807) is 6.20 Å². The summed E-state index contributed by atoms with van der Waals surface area (Å²) in [5.74, 6) is 0. The van der Waals surface area contributed by atoms with Crippen LogP contribution in [-0.2, 0) is 6.42 Å². The number of H-pyrrole nitrogens is 1. The SMILES string of the molecule is Cc1ccc(CC(C)NC(C)c2ccn[nH]2)s1. The van der Waals surface area contributed by atoms with Crippen LogP contribution in [0.2, 0.25) is 0 Å². The number of thiophene rings is 1. The fraction of sp³-hybridized carbons (Fsp3) is 0.462. The molecule has 0 bridgehead atoms. The van der Waals surface area contributed by atoms with Gasteiger partial charge in [-0.3, -0.25) is 5.10 Å². The van der Waals surface area contributed by atoms with Crippen molar-refractivity contribution in [2.75, 3.05) is 0 Å². The van der Waals surface area contributed by atoms with Gasteiger partial charge in [-0.25, -0.2) is 0 Å². The van der Waals surface area contributed by atoms with Crippen LogP contribution in [-0.4, -0.2) is 16.2 Å². The summed E-state index contributed by atoms with van der Waals surface area (Å²) in [6.07, 6.45) is 2.87. The maximum atomic E-state index is 3.97. The number of hydrogen-bond acceptors (Lipinski definition) is 3. The van der Waals surface area contributed by atoms with Crippen LogP contribution in [0.15, 0.2) is 24.4 Å². The van der Waals surface area contributed by atoms with E-state index in [0.29, 0.717) is 12.1 Å². The molecule has 4 heteroatoms. The molecule has 0 saturated heterocycles. The second kappa shape index (κ2) is 5.47. The van der Waals surface area contributed by atoms with Gasteiger partial charge in [0.1, 0.15) is 0 Å². The highest BCUT2D eigenvalue weighted by molar-refractivity contribution is 7.11. The molecule has 2 atom stereocenters. The predicted molar refractivity (Wildman–Crippen MR) is 72.4 cm³/mol. The van der Waals surface area contributed by atoms with E-state index < -0.39 is 0 Å². The lowest BCUT2D eigenvalue weighted by Gasteiger charge is -2.18. The van der Waals surface area contributed by atoms with Crippen molar-refractivity contribution in [1.29, 1.82) is 0 Å². The van der Waals surface area contributed by atoms with Gasteiger partial charge in [-0.05, 0) is 45.4 Å². The summed E-state index contributed by atoms with van der Waals surface area (Å²) in [4.78, 5) is 2.83. The second-order valence-electron chi connectivity index (χ2n) is 4.52. The van der Waals surface area contributed by atoms with Crippen LogP contribution < -0.4 is 5.32 Å². The molecule has 3 nitrogen and oxygen atoms in total. The van der Waals surface area contributed by atoms with Crippen molar-refractivity contribution in [2.24, 2.45) is 0 Å². The van der Waals surface area contributed by atoms with E-state index in [9.17, 15) is 0 Å². The molecule has 0 spiro atoms. The van der Waals surface area contributed by atoms with Gasteiger partial charge in [0, 0.05) is 28.0 Å². The van der Waals surface area contributed by atoms with Gasteiger partial charge in [-0.1, -0.05) is 0 Å². The lowest BCUT2D eigenvalue weighted by Crippen LogP contribution is -2.30. The Morgan fingerprint density at radius 1 is 1.35 bits per heavy atom. The van der Waals surface area contributed by atoms with Crippen LogP contribution >= 0.6 is 11.3 Å².